The molecule has 3 rings (SSSR count). The summed E-state index contributed by atoms with van der Waals surface area (Å²) in [4.78, 5) is 16.4. The van der Waals surface area contributed by atoms with E-state index in [1.807, 2.05) is 43.5 Å². The number of benzene rings is 2. The largest absolute Gasteiger partial charge is 0.361 e. The second-order valence-corrected chi connectivity index (χ2v) is 6.38. The number of rotatable bonds is 7. The number of para-hydroxylation sites is 1. The van der Waals surface area contributed by atoms with Gasteiger partial charge in [0.25, 0.3) is 0 Å². The highest BCUT2D eigenvalue weighted by molar-refractivity contribution is 6.11. The van der Waals surface area contributed by atoms with Crippen LogP contribution in [0.3, 0.4) is 0 Å². The van der Waals surface area contributed by atoms with Gasteiger partial charge in [0.1, 0.15) is 6.73 Å². The third-order valence-electron chi connectivity index (χ3n) is 4.44. The fraction of sp³-hybridized carbons (Fsp3) is 0.273. The normalized spacial score (nSPS) is 11.7. The molecule has 0 radical (unpaired) electrons. The van der Waals surface area contributed by atoms with Crippen LogP contribution in [0.25, 0.3) is 10.9 Å². The molecule has 0 saturated heterocycles. The monoisotopic (exact) mass is 364 g/mol. The highest BCUT2D eigenvalue weighted by Crippen LogP contribution is 2.24. The molecule has 140 valence electrons. The molecule has 0 spiro atoms. The molecule has 3 aromatic rings. The Hall–Kier alpha value is -2.92. The van der Waals surface area contributed by atoms with E-state index < -0.39 is 5.97 Å². The summed E-state index contributed by atoms with van der Waals surface area (Å²) in [6.45, 7) is 6.49. The van der Waals surface area contributed by atoms with Crippen LogP contribution in [0.1, 0.15) is 30.5 Å². The second-order valence-electron chi connectivity index (χ2n) is 6.38. The SMILES string of the molecule is CCOCn1cc(/C(Cc2ccccc2C)=N/OC(C)=O)c2ccccc21. The lowest BCUT2D eigenvalue weighted by molar-refractivity contribution is -0.140. The predicted octanol–water partition coefficient (Wildman–Crippen LogP) is 4.45. The number of carbonyl (C=O) groups excluding carboxylic acids is 1. The molecule has 2 aromatic carbocycles. The van der Waals surface area contributed by atoms with Crippen molar-refractivity contribution in [3.8, 4) is 0 Å². The van der Waals surface area contributed by atoms with Gasteiger partial charge in [-0.1, -0.05) is 47.6 Å². The maximum atomic E-state index is 11.4. The van der Waals surface area contributed by atoms with Gasteiger partial charge in [0.2, 0.25) is 0 Å². The molecule has 1 heterocycles. The third kappa shape index (κ3) is 4.44. The fourth-order valence-corrected chi connectivity index (χ4v) is 3.06. The lowest BCUT2D eigenvalue weighted by Crippen LogP contribution is -2.09. The van der Waals surface area contributed by atoms with Crippen molar-refractivity contribution in [2.24, 2.45) is 5.16 Å². The molecule has 0 unspecified atom stereocenters. The zero-order valence-electron chi connectivity index (χ0n) is 15.9. The van der Waals surface area contributed by atoms with E-state index in [4.69, 9.17) is 9.57 Å². The lowest BCUT2D eigenvalue weighted by Gasteiger charge is -2.08. The first-order chi connectivity index (χ1) is 13.1. The maximum Gasteiger partial charge on any atom is 0.331 e. The van der Waals surface area contributed by atoms with Gasteiger partial charge in [0, 0.05) is 37.1 Å². The first-order valence-electron chi connectivity index (χ1n) is 9.05. The molecule has 5 heteroatoms. The smallest absolute Gasteiger partial charge is 0.331 e. The van der Waals surface area contributed by atoms with E-state index in [0.29, 0.717) is 25.5 Å². The summed E-state index contributed by atoms with van der Waals surface area (Å²) in [5.74, 6) is -0.435. The zero-order valence-corrected chi connectivity index (χ0v) is 15.9. The van der Waals surface area contributed by atoms with Gasteiger partial charge in [0.05, 0.1) is 11.2 Å². The van der Waals surface area contributed by atoms with Crippen LogP contribution in [0.4, 0.5) is 0 Å². The standard InChI is InChI=1S/C22H24N2O3/c1-4-26-15-24-14-20(19-11-7-8-12-22(19)24)21(23-27-17(3)25)13-18-10-6-5-9-16(18)2/h5-12,14H,4,13,15H2,1-3H3/b23-21+. The summed E-state index contributed by atoms with van der Waals surface area (Å²) in [6, 6.07) is 16.2. The average molecular weight is 364 g/mol. The van der Waals surface area contributed by atoms with E-state index in [2.05, 4.69) is 34.8 Å². The number of aryl methyl sites for hydroxylation is 1. The molecule has 5 nitrogen and oxygen atoms in total. The van der Waals surface area contributed by atoms with Crippen molar-refractivity contribution >= 4 is 22.6 Å². The van der Waals surface area contributed by atoms with Gasteiger partial charge >= 0.3 is 5.97 Å². The molecule has 0 saturated carbocycles. The molecule has 0 bridgehead atoms. The Morgan fingerprint density at radius 2 is 1.85 bits per heavy atom. The number of aromatic nitrogens is 1. The number of carbonyl (C=O) groups is 1. The minimum atomic E-state index is -0.435. The number of hydrogen-bond acceptors (Lipinski definition) is 4. The van der Waals surface area contributed by atoms with E-state index in [9.17, 15) is 4.79 Å². The molecular weight excluding hydrogens is 340 g/mol. The number of ether oxygens (including phenoxy) is 1. The first-order valence-corrected chi connectivity index (χ1v) is 9.05. The Balaban J connectivity index is 2.08. The van der Waals surface area contributed by atoms with Gasteiger partial charge in [-0.05, 0) is 31.0 Å². The summed E-state index contributed by atoms with van der Waals surface area (Å²) < 4.78 is 7.64. The van der Waals surface area contributed by atoms with Crippen LogP contribution in [0.15, 0.2) is 59.9 Å². The molecule has 0 amide bonds. The first kappa shape index (κ1) is 18.9. The van der Waals surface area contributed by atoms with Crippen molar-refractivity contribution in [2.45, 2.75) is 33.9 Å². The average Bonchev–Trinajstić information content (AvgIpc) is 3.03. The number of fused-ring (bicyclic) bond motifs is 1. The highest BCUT2D eigenvalue weighted by Gasteiger charge is 2.16. The Labute approximate surface area is 159 Å². The van der Waals surface area contributed by atoms with Crippen LogP contribution in [0.2, 0.25) is 0 Å². The molecule has 27 heavy (non-hydrogen) atoms. The molecule has 0 aliphatic rings. The lowest BCUT2D eigenvalue weighted by atomic mass is 9.98. The summed E-state index contributed by atoms with van der Waals surface area (Å²) in [5, 5.41) is 5.24. The number of nitrogens with zero attached hydrogens (tertiary/aromatic N) is 2. The van der Waals surface area contributed by atoms with Crippen LogP contribution in [0.5, 0.6) is 0 Å². The topological polar surface area (TPSA) is 52.8 Å². The van der Waals surface area contributed by atoms with E-state index in [1.165, 1.54) is 12.5 Å². The Kier molecular flexibility index (Phi) is 6.04. The van der Waals surface area contributed by atoms with E-state index in [0.717, 1.165) is 22.0 Å². The molecule has 0 fully saturated rings. The molecule has 0 atom stereocenters. The molecule has 0 aliphatic heterocycles. The van der Waals surface area contributed by atoms with Crippen LogP contribution in [-0.4, -0.2) is 22.9 Å². The van der Waals surface area contributed by atoms with Gasteiger partial charge in [-0.15, -0.1) is 0 Å². The number of oxime groups is 1. The second kappa shape index (κ2) is 8.64. The number of hydrogen-bond donors (Lipinski definition) is 0. The Bertz CT molecular complexity index is 973. The van der Waals surface area contributed by atoms with Crippen molar-refractivity contribution in [1.29, 1.82) is 0 Å². The van der Waals surface area contributed by atoms with Crippen LogP contribution in [0, 0.1) is 6.92 Å². The third-order valence-corrected chi connectivity index (χ3v) is 4.44. The fourth-order valence-electron chi connectivity index (χ4n) is 3.06. The van der Waals surface area contributed by atoms with Gasteiger partial charge in [-0.25, -0.2) is 4.79 Å². The van der Waals surface area contributed by atoms with Crippen molar-refractivity contribution in [3.05, 3.63) is 71.4 Å². The molecule has 0 aliphatic carbocycles. The maximum absolute atomic E-state index is 11.4. The van der Waals surface area contributed by atoms with Gasteiger partial charge in [0.15, 0.2) is 0 Å². The Morgan fingerprint density at radius 3 is 2.59 bits per heavy atom. The molecule has 1 aromatic heterocycles. The van der Waals surface area contributed by atoms with E-state index in [-0.39, 0.29) is 0 Å². The highest BCUT2D eigenvalue weighted by atomic mass is 16.7. The van der Waals surface area contributed by atoms with Gasteiger partial charge in [-0.2, -0.15) is 0 Å². The summed E-state index contributed by atoms with van der Waals surface area (Å²) in [5.41, 5.74) is 5.03. The molecular formula is C22H24N2O3. The van der Waals surface area contributed by atoms with E-state index >= 15 is 0 Å². The van der Waals surface area contributed by atoms with Crippen LogP contribution < -0.4 is 0 Å². The summed E-state index contributed by atoms with van der Waals surface area (Å²) >= 11 is 0. The van der Waals surface area contributed by atoms with E-state index in [1.54, 1.807) is 0 Å². The van der Waals surface area contributed by atoms with Gasteiger partial charge < -0.3 is 14.1 Å². The van der Waals surface area contributed by atoms with Crippen molar-refractivity contribution < 1.29 is 14.4 Å². The Morgan fingerprint density at radius 1 is 1.11 bits per heavy atom. The molecule has 0 N–H and O–H groups in total. The quantitative estimate of drug-likeness (QED) is 0.353. The minimum Gasteiger partial charge on any atom is -0.361 e. The van der Waals surface area contributed by atoms with Crippen LogP contribution in [-0.2, 0) is 27.5 Å². The van der Waals surface area contributed by atoms with Crippen LogP contribution >= 0.6 is 0 Å². The minimum absolute atomic E-state index is 0.435. The van der Waals surface area contributed by atoms with Gasteiger partial charge in [-0.3, -0.25) is 0 Å². The van der Waals surface area contributed by atoms with Crippen molar-refractivity contribution in [3.63, 3.8) is 0 Å². The zero-order chi connectivity index (χ0) is 19.2. The summed E-state index contributed by atoms with van der Waals surface area (Å²) in [7, 11) is 0. The van der Waals surface area contributed by atoms with Crippen molar-refractivity contribution in [2.75, 3.05) is 6.61 Å². The summed E-state index contributed by atoms with van der Waals surface area (Å²) in [6.07, 6.45) is 2.59. The predicted molar refractivity (Wildman–Crippen MR) is 107 cm³/mol. The van der Waals surface area contributed by atoms with Crippen molar-refractivity contribution in [1.82, 2.24) is 4.57 Å².